The third-order valence-electron chi connectivity index (χ3n) is 5.33. The van der Waals surface area contributed by atoms with Crippen molar-refractivity contribution in [2.75, 3.05) is 31.6 Å². The normalized spacial score (nSPS) is 16.2. The third-order valence-corrected chi connectivity index (χ3v) is 6.53. The topological polar surface area (TPSA) is 149 Å². The number of rotatable bonds is 13. The number of anilines is 2. The summed E-state index contributed by atoms with van der Waals surface area (Å²) in [7, 11) is -4.16. The fraction of sp³-hybridized carbons (Fsp3) is 0.500. The molecule has 2 heterocycles. The third kappa shape index (κ3) is 9.10. The van der Waals surface area contributed by atoms with Crippen LogP contribution < -0.4 is 14.8 Å². The Morgan fingerprint density at radius 1 is 1.29 bits per heavy atom. The van der Waals surface area contributed by atoms with Crippen LogP contribution in [0.3, 0.4) is 0 Å². The smallest absolute Gasteiger partial charge is 0.487 e. The predicted molar refractivity (Wildman–Crippen MR) is 135 cm³/mol. The van der Waals surface area contributed by atoms with E-state index in [-0.39, 0.29) is 30.6 Å². The molecule has 1 aromatic heterocycles. The fourth-order valence-corrected chi connectivity index (χ4v) is 4.66. The summed E-state index contributed by atoms with van der Waals surface area (Å²) in [6.45, 7) is 6.01. The van der Waals surface area contributed by atoms with Crippen LogP contribution in [0.5, 0.6) is 11.5 Å². The number of carboxylic acid groups (broad SMARTS) is 1. The van der Waals surface area contributed by atoms with Crippen LogP contribution in [0, 0.1) is 5.82 Å². The zero-order valence-electron chi connectivity index (χ0n) is 21.5. The molecule has 1 fully saturated rings. The van der Waals surface area contributed by atoms with Crippen LogP contribution >= 0.6 is 7.82 Å². The molecule has 1 aliphatic rings. The Balaban J connectivity index is 1.65. The molecule has 14 heteroatoms. The van der Waals surface area contributed by atoms with Gasteiger partial charge >= 0.3 is 14.0 Å². The van der Waals surface area contributed by atoms with Crippen molar-refractivity contribution in [2.24, 2.45) is 0 Å². The highest BCUT2D eigenvalue weighted by Gasteiger charge is 2.25. The number of pyridine rings is 1. The zero-order valence-corrected chi connectivity index (χ0v) is 22.4. The number of phosphoric ester groups is 1. The number of aromatic nitrogens is 1. The molecule has 1 aliphatic heterocycles. The lowest BCUT2D eigenvalue weighted by Crippen LogP contribution is -2.39. The van der Waals surface area contributed by atoms with E-state index in [1.165, 1.54) is 23.4 Å². The van der Waals surface area contributed by atoms with Crippen molar-refractivity contribution in [1.29, 1.82) is 0 Å². The molecule has 1 atom stereocenters. The second kappa shape index (κ2) is 13.7. The molecule has 0 radical (unpaired) electrons. The molecule has 1 unspecified atom stereocenters. The molecule has 3 rings (SSSR count). The van der Waals surface area contributed by atoms with Gasteiger partial charge in [0.1, 0.15) is 11.9 Å². The highest BCUT2D eigenvalue weighted by Crippen LogP contribution is 2.44. The quantitative estimate of drug-likeness (QED) is 0.288. The summed E-state index contributed by atoms with van der Waals surface area (Å²) in [4.78, 5) is 29.3. The number of halogens is 1. The van der Waals surface area contributed by atoms with Gasteiger partial charge in [-0.3, -0.25) is 9.05 Å². The molecule has 0 amide bonds. The number of benzene rings is 1. The van der Waals surface area contributed by atoms with Gasteiger partial charge in [0.25, 0.3) is 0 Å². The van der Waals surface area contributed by atoms with Crippen LogP contribution in [0.15, 0.2) is 30.5 Å². The zero-order chi connectivity index (χ0) is 27.7. The number of hydrogen-bond donors (Lipinski definition) is 3. The van der Waals surface area contributed by atoms with E-state index in [2.05, 4.69) is 15.1 Å². The fourth-order valence-electron chi connectivity index (χ4n) is 3.75. The van der Waals surface area contributed by atoms with Crippen LogP contribution in [0.1, 0.15) is 39.2 Å². The van der Waals surface area contributed by atoms with Gasteiger partial charge in [-0.05, 0) is 44.9 Å². The molecule has 0 spiro atoms. The first-order chi connectivity index (χ1) is 18.1. The predicted octanol–water partition coefficient (Wildman–Crippen LogP) is 4.90. The maximum Gasteiger partial charge on any atom is 0.525 e. The van der Waals surface area contributed by atoms with Gasteiger partial charge in [0.15, 0.2) is 11.6 Å². The van der Waals surface area contributed by atoms with E-state index in [1.54, 1.807) is 32.9 Å². The molecule has 0 saturated carbocycles. The molecule has 1 aromatic carbocycles. The van der Waals surface area contributed by atoms with Gasteiger partial charge in [0.05, 0.1) is 25.0 Å². The van der Waals surface area contributed by atoms with Crippen molar-refractivity contribution >= 4 is 25.5 Å². The summed E-state index contributed by atoms with van der Waals surface area (Å²) in [5.41, 5.74) is 0.710. The van der Waals surface area contributed by atoms with Crippen molar-refractivity contribution in [3.05, 3.63) is 41.8 Å². The lowest BCUT2D eigenvalue weighted by atomic mass is 10.1. The number of ether oxygens (including phenoxy) is 2. The second-order valence-electron chi connectivity index (χ2n) is 8.67. The highest BCUT2D eigenvalue weighted by atomic mass is 31.2. The van der Waals surface area contributed by atoms with Crippen molar-refractivity contribution in [2.45, 2.75) is 52.2 Å². The van der Waals surface area contributed by atoms with Crippen LogP contribution in [0.25, 0.3) is 0 Å². The number of phosphoric acid groups is 1. The minimum atomic E-state index is -4.16. The number of carbonyl (C=O) groups is 1. The molecule has 0 bridgehead atoms. The molecule has 12 nitrogen and oxygen atoms in total. The maximum atomic E-state index is 14.9. The van der Waals surface area contributed by atoms with E-state index in [0.29, 0.717) is 49.6 Å². The highest BCUT2D eigenvalue weighted by molar-refractivity contribution is 7.47. The number of nitrogens with zero attached hydrogens (tertiary/aromatic N) is 2. The number of hydroxylamine groups is 2. The second-order valence-corrected chi connectivity index (χ2v) is 10.1. The van der Waals surface area contributed by atoms with E-state index in [1.807, 2.05) is 0 Å². The first-order valence-electron chi connectivity index (χ1n) is 12.2. The van der Waals surface area contributed by atoms with Gasteiger partial charge < -0.3 is 29.6 Å². The van der Waals surface area contributed by atoms with Crippen LogP contribution in [0.4, 0.5) is 20.7 Å². The van der Waals surface area contributed by atoms with Gasteiger partial charge in [-0.15, -0.1) is 5.06 Å². The van der Waals surface area contributed by atoms with Gasteiger partial charge in [-0.1, -0.05) is 6.07 Å². The molecular weight excluding hydrogens is 524 g/mol. The molecule has 0 aliphatic carbocycles. The number of nitrogens with one attached hydrogen (secondary N) is 1. The van der Waals surface area contributed by atoms with Crippen molar-refractivity contribution in [1.82, 2.24) is 10.0 Å². The summed E-state index contributed by atoms with van der Waals surface area (Å²) < 4.78 is 48.3. The minimum absolute atomic E-state index is 0.122. The molecule has 210 valence electrons. The van der Waals surface area contributed by atoms with Crippen LogP contribution in [-0.4, -0.2) is 64.7 Å². The standard InChI is InChI=1S/C24H33FN3O9P/c1-4-33-22-21(35-18-8-12-28(13-9-18)36-24(29)30)7-11-26-23(22)27-20-6-5-17(15-19(20)25)10-14-34-38(31,32)37-16(2)3/h5-7,11,15-16,18H,4,8-10,12-14H2,1-3H3,(H,26,27)(H,29,30)(H,31,32). The van der Waals surface area contributed by atoms with Gasteiger partial charge in [-0.2, -0.15) is 0 Å². The Morgan fingerprint density at radius 3 is 2.66 bits per heavy atom. The van der Waals surface area contributed by atoms with Gasteiger partial charge in [0.2, 0.25) is 5.75 Å². The largest absolute Gasteiger partial charge is 0.525 e. The van der Waals surface area contributed by atoms with Gasteiger partial charge in [0, 0.05) is 38.2 Å². The number of hydrogen-bond acceptors (Lipinski definition) is 10. The molecule has 38 heavy (non-hydrogen) atoms. The van der Waals surface area contributed by atoms with Gasteiger partial charge in [-0.25, -0.2) is 18.7 Å². The summed E-state index contributed by atoms with van der Waals surface area (Å²) >= 11 is 0. The summed E-state index contributed by atoms with van der Waals surface area (Å²) in [6, 6.07) is 6.13. The first kappa shape index (κ1) is 29.6. The molecular formula is C24H33FN3O9P. The van der Waals surface area contributed by atoms with Crippen molar-refractivity contribution in [3.8, 4) is 11.5 Å². The number of piperidine rings is 1. The van der Waals surface area contributed by atoms with Crippen molar-refractivity contribution in [3.63, 3.8) is 0 Å². The Morgan fingerprint density at radius 2 is 2.03 bits per heavy atom. The average Bonchev–Trinajstić information content (AvgIpc) is 2.82. The Labute approximate surface area is 220 Å². The molecule has 2 aromatic rings. The SMILES string of the molecule is CCOc1c(OC2CCN(OC(=O)O)CC2)ccnc1Nc1ccc(CCOP(=O)(O)OC(C)C)cc1F. The Kier molecular flexibility index (Phi) is 10.7. The van der Waals surface area contributed by atoms with Crippen LogP contribution in [0.2, 0.25) is 0 Å². The monoisotopic (exact) mass is 557 g/mol. The minimum Gasteiger partial charge on any atom is -0.487 e. The molecule has 1 saturated heterocycles. The average molecular weight is 558 g/mol. The van der Waals surface area contributed by atoms with E-state index < -0.39 is 25.9 Å². The van der Waals surface area contributed by atoms with E-state index in [0.717, 1.165) is 0 Å². The first-order valence-corrected chi connectivity index (χ1v) is 13.7. The lowest BCUT2D eigenvalue weighted by molar-refractivity contribution is -0.140. The Bertz CT molecular complexity index is 1130. The Hall–Kier alpha value is -2.96. The molecule has 3 N–H and O–H groups in total. The summed E-state index contributed by atoms with van der Waals surface area (Å²) in [6.07, 6.45) is 0.770. The van der Waals surface area contributed by atoms with Crippen LogP contribution in [-0.2, 0) is 24.9 Å². The van der Waals surface area contributed by atoms with E-state index >= 15 is 0 Å². The summed E-state index contributed by atoms with van der Waals surface area (Å²) in [5, 5.41) is 13.1. The van der Waals surface area contributed by atoms with Crippen molar-refractivity contribution < 1.29 is 47.1 Å². The van der Waals surface area contributed by atoms with E-state index in [4.69, 9.17) is 23.6 Å². The maximum absolute atomic E-state index is 14.9. The lowest BCUT2D eigenvalue weighted by Gasteiger charge is -2.30. The van der Waals surface area contributed by atoms with E-state index in [9.17, 15) is 18.6 Å². The summed E-state index contributed by atoms with van der Waals surface area (Å²) in [5.74, 6) is 0.445.